The van der Waals surface area contributed by atoms with Crippen LogP contribution in [0.2, 0.25) is 5.02 Å². The van der Waals surface area contributed by atoms with Gasteiger partial charge in [-0.2, -0.15) is 0 Å². The Kier molecular flexibility index (Phi) is 5.25. The quantitative estimate of drug-likeness (QED) is 0.259. The molecule has 1 aromatic heterocycles. The van der Waals surface area contributed by atoms with Crippen LogP contribution in [0, 0.1) is 3.57 Å². The summed E-state index contributed by atoms with van der Waals surface area (Å²) in [5.41, 5.74) is 2.86. The first kappa shape index (κ1) is 19.4. The molecule has 0 saturated heterocycles. The molecule has 4 rings (SSSR count). The Bertz CT molecular complexity index is 1270. The largest absolute Gasteiger partial charge is 0.506 e. The lowest BCUT2D eigenvalue weighted by atomic mass is 10.1. The van der Waals surface area contributed by atoms with Gasteiger partial charge < -0.3 is 14.6 Å². The third kappa shape index (κ3) is 4.10. The number of oxazole rings is 1. The van der Waals surface area contributed by atoms with E-state index in [1.807, 2.05) is 24.3 Å². The monoisotopic (exact) mass is 518 g/mol. The molecule has 1 heterocycles. The highest BCUT2D eigenvalue weighted by molar-refractivity contribution is 14.1. The number of hydrogen-bond acceptors (Lipinski definition) is 5. The van der Waals surface area contributed by atoms with E-state index in [1.54, 1.807) is 18.2 Å². The number of phenols is 1. The SMILES string of the molecule is O=C(O)c1cc(Cl)c(O)c(C=Nc2ccc3oc(-c4ccc(I)cc4)nc3c2)c1. The summed E-state index contributed by atoms with van der Waals surface area (Å²) in [4.78, 5) is 20.0. The lowest BCUT2D eigenvalue weighted by Crippen LogP contribution is -1.98. The fourth-order valence-corrected chi connectivity index (χ4v) is 3.28. The van der Waals surface area contributed by atoms with E-state index in [0.29, 0.717) is 22.7 Å². The number of carboxylic acid groups (broad SMARTS) is 1. The van der Waals surface area contributed by atoms with Crippen molar-refractivity contribution in [2.24, 2.45) is 4.99 Å². The van der Waals surface area contributed by atoms with Crippen molar-refractivity contribution >= 4 is 63.2 Å². The van der Waals surface area contributed by atoms with E-state index >= 15 is 0 Å². The minimum Gasteiger partial charge on any atom is -0.506 e. The summed E-state index contributed by atoms with van der Waals surface area (Å²) in [6.45, 7) is 0. The highest BCUT2D eigenvalue weighted by atomic mass is 127. The second kappa shape index (κ2) is 7.84. The topological polar surface area (TPSA) is 95.9 Å². The Morgan fingerprint density at radius 1 is 1.14 bits per heavy atom. The molecular weight excluding hydrogens is 507 g/mol. The van der Waals surface area contributed by atoms with Gasteiger partial charge in [0, 0.05) is 20.9 Å². The molecule has 0 saturated carbocycles. The van der Waals surface area contributed by atoms with E-state index in [4.69, 9.17) is 21.1 Å². The molecule has 0 fully saturated rings. The van der Waals surface area contributed by atoms with Crippen LogP contribution >= 0.6 is 34.2 Å². The molecule has 29 heavy (non-hydrogen) atoms. The summed E-state index contributed by atoms with van der Waals surface area (Å²) >= 11 is 8.13. The molecule has 2 N–H and O–H groups in total. The number of aliphatic imine (C=N–C) groups is 1. The highest BCUT2D eigenvalue weighted by Gasteiger charge is 2.12. The van der Waals surface area contributed by atoms with Crippen LogP contribution in [0.3, 0.4) is 0 Å². The van der Waals surface area contributed by atoms with E-state index in [1.165, 1.54) is 18.3 Å². The number of phenolic OH excluding ortho intramolecular Hbond substituents is 1. The number of carboxylic acids is 1. The van der Waals surface area contributed by atoms with Gasteiger partial charge in [0.15, 0.2) is 5.58 Å². The van der Waals surface area contributed by atoms with Crippen LogP contribution < -0.4 is 0 Å². The molecule has 0 aliphatic heterocycles. The first-order chi connectivity index (χ1) is 13.9. The summed E-state index contributed by atoms with van der Waals surface area (Å²) < 4.78 is 6.92. The standard InChI is InChI=1S/C21H12ClIN2O4/c22-16-8-12(21(27)28)7-13(19(16)26)10-24-15-5-6-18-17(9-15)25-20(29-18)11-1-3-14(23)4-2-11/h1-10,26H,(H,27,28). The predicted molar refractivity (Wildman–Crippen MR) is 119 cm³/mol. The molecule has 8 heteroatoms. The second-order valence-electron chi connectivity index (χ2n) is 6.14. The first-order valence-corrected chi connectivity index (χ1v) is 9.83. The van der Waals surface area contributed by atoms with E-state index in [-0.39, 0.29) is 21.9 Å². The lowest BCUT2D eigenvalue weighted by Gasteiger charge is -2.03. The fraction of sp³-hybridized carbons (Fsp3) is 0. The molecule has 0 aliphatic rings. The van der Waals surface area contributed by atoms with Gasteiger partial charge in [-0.3, -0.25) is 4.99 Å². The molecule has 0 amide bonds. The van der Waals surface area contributed by atoms with Crippen LogP contribution in [0.25, 0.3) is 22.6 Å². The predicted octanol–water partition coefficient (Wildman–Crippen LogP) is 5.91. The van der Waals surface area contributed by atoms with E-state index < -0.39 is 5.97 Å². The first-order valence-electron chi connectivity index (χ1n) is 8.37. The average Bonchev–Trinajstić information content (AvgIpc) is 3.12. The van der Waals surface area contributed by atoms with Crippen LogP contribution in [-0.2, 0) is 0 Å². The van der Waals surface area contributed by atoms with Gasteiger partial charge in [0.05, 0.1) is 16.3 Å². The third-order valence-electron chi connectivity index (χ3n) is 4.15. The van der Waals surface area contributed by atoms with E-state index in [9.17, 15) is 9.90 Å². The summed E-state index contributed by atoms with van der Waals surface area (Å²) in [7, 11) is 0. The number of aromatic carboxylic acids is 1. The molecule has 4 aromatic rings. The molecule has 0 radical (unpaired) electrons. The minimum atomic E-state index is -1.14. The average molecular weight is 519 g/mol. The van der Waals surface area contributed by atoms with Crippen LogP contribution in [0.5, 0.6) is 5.75 Å². The Morgan fingerprint density at radius 2 is 1.90 bits per heavy atom. The maximum atomic E-state index is 11.2. The van der Waals surface area contributed by atoms with Crippen LogP contribution in [0.1, 0.15) is 15.9 Å². The summed E-state index contributed by atoms with van der Waals surface area (Å²) in [6.07, 6.45) is 1.36. The van der Waals surface area contributed by atoms with Gasteiger partial charge >= 0.3 is 5.97 Å². The van der Waals surface area contributed by atoms with Crippen LogP contribution in [0.4, 0.5) is 5.69 Å². The Morgan fingerprint density at radius 3 is 2.62 bits per heavy atom. The summed E-state index contributed by atoms with van der Waals surface area (Å²) in [6, 6.07) is 15.5. The number of aromatic nitrogens is 1. The van der Waals surface area contributed by atoms with Gasteiger partial charge in [0.2, 0.25) is 5.89 Å². The molecule has 3 aromatic carbocycles. The van der Waals surface area contributed by atoms with Crippen LogP contribution in [0.15, 0.2) is 64.0 Å². The Hall–Kier alpha value is -2.91. The molecule has 0 aliphatic carbocycles. The van der Waals surface area contributed by atoms with Crippen molar-refractivity contribution in [2.75, 3.05) is 0 Å². The number of hydrogen-bond donors (Lipinski definition) is 2. The molecular formula is C21H12ClIN2O4. The number of rotatable bonds is 4. The molecule has 6 nitrogen and oxygen atoms in total. The normalized spacial score (nSPS) is 11.4. The summed E-state index contributed by atoms with van der Waals surface area (Å²) in [5, 5.41) is 19.1. The van der Waals surface area contributed by atoms with Crippen LogP contribution in [-0.4, -0.2) is 27.4 Å². The third-order valence-corrected chi connectivity index (χ3v) is 5.16. The number of aromatic hydroxyl groups is 1. The van der Waals surface area contributed by atoms with Crippen molar-refractivity contribution in [3.05, 3.63) is 74.3 Å². The fourth-order valence-electron chi connectivity index (χ4n) is 2.70. The maximum absolute atomic E-state index is 11.2. The van der Waals surface area contributed by atoms with Gasteiger partial charge in [-0.05, 0) is 77.2 Å². The molecule has 0 atom stereocenters. The maximum Gasteiger partial charge on any atom is 0.335 e. The van der Waals surface area contributed by atoms with Crippen molar-refractivity contribution in [1.82, 2.24) is 4.98 Å². The van der Waals surface area contributed by atoms with Crippen molar-refractivity contribution < 1.29 is 19.4 Å². The molecule has 144 valence electrons. The second-order valence-corrected chi connectivity index (χ2v) is 7.79. The van der Waals surface area contributed by atoms with E-state index in [0.717, 1.165) is 9.13 Å². The lowest BCUT2D eigenvalue weighted by molar-refractivity contribution is 0.0697. The van der Waals surface area contributed by atoms with Gasteiger partial charge in [-0.25, -0.2) is 9.78 Å². The minimum absolute atomic E-state index is 0.0385. The number of fused-ring (bicyclic) bond motifs is 1. The van der Waals surface area contributed by atoms with Gasteiger partial charge in [0.1, 0.15) is 11.3 Å². The van der Waals surface area contributed by atoms with Crippen molar-refractivity contribution in [3.8, 4) is 17.2 Å². The van der Waals surface area contributed by atoms with Gasteiger partial charge in [-0.15, -0.1) is 0 Å². The Balaban J connectivity index is 1.67. The zero-order chi connectivity index (χ0) is 20.5. The molecule has 0 spiro atoms. The smallest absolute Gasteiger partial charge is 0.335 e. The number of nitrogens with zero attached hydrogens (tertiary/aromatic N) is 2. The number of carbonyl (C=O) groups is 1. The zero-order valence-electron chi connectivity index (χ0n) is 14.6. The Labute approximate surface area is 183 Å². The zero-order valence-corrected chi connectivity index (χ0v) is 17.5. The number of benzene rings is 3. The summed E-state index contributed by atoms with van der Waals surface area (Å²) in [5.74, 6) is -0.867. The van der Waals surface area contributed by atoms with Gasteiger partial charge in [-0.1, -0.05) is 11.6 Å². The molecule has 0 unspecified atom stereocenters. The van der Waals surface area contributed by atoms with E-state index in [2.05, 4.69) is 32.6 Å². The van der Waals surface area contributed by atoms with Crippen molar-refractivity contribution in [2.45, 2.75) is 0 Å². The van der Waals surface area contributed by atoms with Crippen molar-refractivity contribution in [3.63, 3.8) is 0 Å². The molecule has 0 bridgehead atoms. The highest BCUT2D eigenvalue weighted by Crippen LogP contribution is 2.30. The van der Waals surface area contributed by atoms with Gasteiger partial charge in [0.25, 0.3) is 0 Å². The number of halogens is 2. The van der Waals surface area contributed by atoms with Crippen molar-refractivity contribution in [1.29, 1.82) is 0 Å².